The molecule has 4 rings (SSSR count). The van der Waals surface area contributed by atoms with Crippen LogP contribution in [-0.2, 0) is 6.42 Å². The topological polar surface area (TPSA) is 64.2 Å². The van der Waals surface area contributed by atoms with E-state index >= 15 is 0 Å². The van der Waals surface area contributed by atoms with Crippen molar-refractivity contribution in [2.75, 3.05) is 19.6 Å². The standard InChI is InChI=1S/C23H28N4O/c1-17(24)22-25-20-13-7-9-18(10-8-16-26-14-5-6-15-26)21(20)23(28)27(22)19-11-3-2-4-12-19/h2-4,7,9,11-13,17H,5-6,8,10,14-16,24H2,1H3. The van der Waals surface area contributed by atoms with Gasteiger partial charge in [0.2, 0.25) is 0 Å². The van der Waals surface area contributed by atoms with Crippen molar-refractivity contribution in [1.82, 2.24) is 14.5 Å². The van der Waals surface area contributed by atoms with E-state index in [1.165, 1.54) is 25.9 Å². The van der Waals surface area contributed by atoms with Crippen molar-refractivity contribution in [3.8, 4) is 5.69 Å². The minimum absolute atomic E-state index is 0.0275. The van der Waals surface area contributed by atoms with Crippen LogP contribution in [0.15, 0.2) is 53.3 Å². The molecule has 1 unspecified atom stereocenters. The summed E-state index contributed by atoms with van der Waals surface area (Å²) in [5.74, 6) is 0.595. The van der Waals surface area contributed by atoms with E-state index in [1.807, 2.05) is 49.4 Å². The first-order valence-corrected chi connectivity index (χ1v) is 10.2. The van der Waals surface area contributed by atoms with Crippen molar-refractivity contribution in [2.24, 2.45) is 5.73 Å². The number of nitrogens with two attached hydrogens (primary N) is 1. The van der Waals surface area contributed by atoms with E-state index in [2.05, 4.69) is 11.0 Å². The van der Waals surface area contributed by atoms with Crippen LogP contribution >= 0.6 is 0 Å². The van der Waals surface area contributed by atoms with Gasteiger partial charge in [-0.2, -0.15) is 0 Å². The van der Waals surface area contributed by atoms with Gasteiger partial charge in [0.05, 0.1) is 22.6 Å². The SMILES string of the molecule is CC(N)c1nc2cccc(CCCN3CCCC3)c2c(=O)n1-c1ccccc1. The van der Waals surface area contributed by atoms with Gasteiger partial charge in [-0.3, -0.25) is 9.36 Å². The van der Waals surface area contributed by atoms with Crippen LogP contribution in [0.5, 0.6) is 0 Å². The van der Waals surface area contributed by atoms with Crippen molar-refractivity contribution in [3.63, 3.8) is 0 Å². The highest BCUT2D eigenvalue weighted by atomic mass is 16.1. The molecule has 0 bridgehead atoms. The number of aryl methyl sites for hydroxylation is 1. The summed E-state index contributed by atoms with van der Waals surface area (Å²) in [6, 6.07) is 15.3. The summed E-state index contributed by atoms with van der Waals surface area (Å²) >= 11 is 0. The smallest absolute Gasteiger partial charge is 0.266 e. The van der Waals surface area contributed by atoms with Gasteiger partial charge in [0.1, 0.15) is 5.82 Å². The van der Waals surface area contributed by atoms with Gasteiger partial charge in [-0.25, -0.2) is 4.98 Å². The average Bonchev–Trinajstić information content (AvgIpc) is 3.22. The third-order valence-electron chi connectivity index (χ3n) is 5.55. The van der Waals surface area contributed by atoms with Crippen molar-refractivity contribution < 1.29 is 0 Å². The Balaban J connectivity index is 1.76. The Morgan fingerprint density at radius 2 is 1.82 bits per heavy atom. The number of hydrogen-bond acceptors (Lipinski definition) is 4. The van der Waals surface area contributed by atoms with E-state index < -0.39 is 0 Å². The highest BCUT2D eigenvalue weighted by Crippen LogP contribution is 2.20. The quantitative estimate of drug-likeness (QED) is 0.716. The van der Waals surface area contributed by atoms with Gasteiger partial charge in [-0.15, -0.1) is 0 Å². The molecular weight excluding hydrogens is 348 g/mol. The maximum Gasteiger partial charge on any atom is 0.266 e. The molecular formula is C23H28N4O. The lowest BCUT2D eigenvalue weighted by Gasteiger charge is -2.18. The number of hydrogen-bond donors (Lipinski definition) is 1. The van der Waals surface area contributed by atoms with Crippen LogP contribution in [0.25, 0.3) is 16.6 Å². The Morgan fingerprint density at radius 1 is 1.07 bits per heavy atom. The molecule has 3 aromatic rings. The predicted molar refractivity (Wildman–Crippen MR) is 114 cm³/mol. The number of nitrogens with zero attached hydrogens (tertiary/aromatic N) is 3. The fourth-order valence-corrected chi connectivity index (χ4v) is 4.16. The summed E-state index contributed by atoms with van der Waals surface area (Å²) < 4.78 is 1.68. The van der Waals surface area contributed by atoms with Crippen molar-refractivity contribution in [2.45, 2.75) is 38.6 Å². The van der Waals surface area contributed by atoms with Crippen LogP contribution in [0.3, 0.4) is 0 Å². The van der Waals surface area contributed by atoms with Gasteiger partial charge in [0, 0.05) is 0 Å². The second kappa shape index (κ2) is 8.25. The van der Waals surface area contributed by atoms with Crippen LogP contribution < -0.4 is 11.3 Å². The van der Waals surface area contributed by atoms with E-state index in [0.29, 0.717) is 5.82 Å². The van der Waals surface area contributed by atoms with E-state index in [-0.39, 0.29) is 11.6 Å². The number of aromatic nitrogens is 2. The van der Waals surface area contributed by atoms with Gasteiger partial charge in [0.15, 0.2) is 0 Å². The molecule has 1 aliphatic heterocycles. The minimum Gasteiger partial charge on any atom is -0.322 e. The monoisotopic (exact) mass is 376 g/mol. The van der Waals surface area contributed by atoms with Crippen molar-refractivity contribution in [3.05, 3.63) is 70.3 Å². The Morgan fingerprint density at radius 3 is 2.54 bits per heavy atom. The molecule has 1 saturated heterocycles. The van der Waals surface area contributed by atoms with Gasteiger partial charge >= 0.3 is 0 Å². The second-order valence-corrected chi connectivity index (χ2v) is 7.70. The molecule has 5 heteroatoms. The average molecular weight is 377 g/mol. The molecule has 1 fully saturated rings. The van der Waals surface area contributed by atoms with Crippen molar-refractivity contribution >= 4 is 10.9 Å². The number of benzene rings is 2. The minimum atomic E-state index is -0.337. The Bertz CT molecular complexity index is 1000. The molecule has 2 heterocycles. The van der Waals surface area contributed by atoms with Crippen LogP contribution in [0.4, 0.5) is 0 Å². The molecule has 28 heavy (non-hydrogen) atoms. The third-order valence-corrected chi connectivity index (χ3v) is 5.55. The van der Waals surface area contributed by atoms with E-state index in [4.69, 9.17) is 10.7 Å². The Hall–Kier alpha value is -2.50. The second-order valence-electron chi connectivity index (χ2n) is 7.70. The van der Waals surface area contributed by atoms with Crippen LogP contribution in [0.2, 0.25) is 0 Å². The molecule has 2 N–H and O–H groups in total. The molecule has 1 atom stereocenters. The van der Waals surface area contributed by atoms with Crippen LogP contribution in [-0.4, -0.2) is 34.1 Å². The first-order valence-electron chi connectivity index (χ1n) is 10.2. The van der Waals surface area contributed by atoms with Crippen molar-refractivity contribution in [1.29, 1.82) is 0 Å². The van der Waals surface area contributed by atoms with E-state index in [9.17, 15) is 4.79 Å². The molecule has 0 radical (unpaired) electrons. The summed E-state index contributed by atoms with van der Waals surface area (Å²) in [5.41, 5.74) is 8.77. The van der Waals surface area contributed by atoms with Gasteiger partial charge < -0.3 is 10.6 Å². The summed E-state index contributed by atoms with van der Waals surface area (Å²) in [5, 5.41) is 0.720. The number of para-hydroxylation sites is 1. The maximum absolute atomic E-state index is 13.6. The van der Waals surface area contributed by atoms with Gasteiger partial charge in [0.25, 0.3) is 5.56 Å². The van der Waals surface area contributed by atoms with Gasteiger partial charge in [-0.05, 0) is 76.0 Å². The summed E-state index contributed by atoms with van der Waals surface area (Å²) in [7, 11) is 0. The molecule has 5 nitrogen and oxygen atoms in total. The fourth-order valence-electron chi connectivity index (χ4n) is 4.16. The predicted octanol–water partition coefficient (Wildman–Crippen LogP) is 3.43. The number of likely N-dealkylation sites (tertiary alicyclic amines) is 1. The fraction of sp³-hybridized carbons (Fsp3) is 0.391. The third kappa shape index (κ3) is 3.73. The molecule has 0 saturated carbocycles. The number of rotatable bonds is 6. The number of fused-ring (bicyclic) bond motifs is 1. The molecule has 1 aromatic heterocycles. The first kappa shape index (κ1) is 18.8. The zero-order chi connectivity index (χ0) is 19.5. The molecule has 0 aliphatic carbocycles. The lowest BCUT2D eigenvalue weighted by atomic mass is 10.0. The largest absolute Gasteiger partial charge is 0.322 e. The Kier molecular flexibility index (Phi) is 5.55. The lowest BCUT2D eigenvalue weighted by molar-refractivity contribution is 0.334. The Labute approximate surface area is 165 Å². The first-order chi connectivity index (χ1) is 13.6. The molecule has 0 amide bonds. The summed E-state index contributed by atoms with van der Waals surface area (Å²) in [4.78, 5) is 20.9. The highest BCUT2D eigenvalue weighted by Gasteiger charge is 2.18. The summed E-state index contributed by atoms with van der Waals surface area (Å²) in [6.07, 6.45) is 4.55. The highest BCUT2D eigenvalue weighted by molar-refractivity contribution is 5.81. The normalized spacial score (nSPS) is 15.9. The molecule has 0 spiro atoms. The van der Waals surface area contributed by atoms with E-state index in [1.54, 1.807) is 4.57 Å². The molecule has 1 aliphatic rings. The molecule has 2 aromatic carbocycles. The zero-order valence-electron chi connectivity index (χ0n) is 16.5. The van der Waals surface area contributed by atoms with Crippen LogP contribution in [0, 0.1) is 0 Å². The van der Waals surface area contributed by atoms with Gasteiger partial charge in [-0.1, -0.05) is 30.3 Å². The summed E-state index contributed by atoms with van der Waals surface area (Å²) in [6.45, 7) is 5.37. The van der Waals surface area contributed by atoms with Crippen LogP contribution in [0.1, 0.15) is 43.6 Å². The molecule has 146 valence electrons. The maximum atomic E-state index is 13.6. The lowest BCUT2D eigenvalue weighted by Crippen LogP contribution is -2.28. The zero-order valence-corrected chi connectivity index (χ0v) is 16.5. The van der Waals surface area contributed by atoms with E-state index in [0.717, 1.165) is 41.5 Å².